The van der Waals surface area contributed by atoms with Crippen molar-refractivity contribution in [3.63, 3.8) is 0 Å². The molecule has 0 unspecified atom stereocenters. The molecule has 0 saturated heterocycles. The van der Waals surface area contributed by atoms with Crippen LogP contribution in [0.4, 0.5) is 0 Å². The molecule has 2 aromatic carbocycles. The van der Waals surface area contributed by atoms with Gasteiger partial charge in [0.15, 0.2) is 0 Å². The van der Waals surface area contributed by atoms with E-state index in [9.17, 15) is 0 Å². The number of hydrogen-bond acceptors (Lipinski definition) is 2. The van der Waals surface area contributed by atoms with Gasteiger partial charge >= 0.3 is 0 Å². The van der Waals surface area contributed by atoms with Crippen molar-refractivity contribution >= 4 is 11.0 Å². The van der Waals surface area contributed by atoms with Crippen molar-refractivity contribution in [2.75, 3.05) is 7.05 Å². The molecule has 0 aliphatic heterocycles. The topological polar surface area (TPSA) is 29.9 Å². The molecule has 0 radical (unpaired) electrons. The Morgan fingerprint density at radius 1 is 1.00 bits per heavy atom. The molecule has 3 rings (SSSR count). The minimum absolute atomic E-state index is 0.875. The lowest BCUT2D eigenvalue weighted by molar-refractivity contribution is 0.728. The summed E-state index contributed by atoms with van der Waals surface area (Å²) < 4.78 is 2.31. The van der Waals surface area contributed by atoms with Crippen molar-refractivity contribution in [2.24, 2.45) is 0 Å². The summed E-state index contributed by atoms with van der Waals surface area (Å²) in [5.41, 5.74) is 4.99. The van der Waals surface area contributed by atoms with Crippen LogP contribution in [0.1, 0.15) is 23.9 Å². The number of aromatic nitrogens is 2. The van der Waals surface area contributed by atoms with Gasteiger partial charge in [-0.2, -0.15) is 0 Å². The Morgan fingerprint density at radius 3 is 2.48 bits per heavy atom. The predicted octanol–water partition coefficient (Wildman–Crippen LogP) is 3.37. The van der Waals surface area contributed by atoms with E-state index in [0.29, 0.717) is 0 Å². The van der Waals surface area contributed by atoms with E-state index < -0.39 is 0 Å². The summed E-state index contributed by atoms with van der Waals surface area (Å²) in [4.78, 5) is 4.82. The SMILES string of the molecule is CCn1c(Cc2ccccc2CNC)nc2ccccc21. The summed E-state index contributed by atoms with van der Waals surface area (Å²) in [6, 6.07) is 16.9. The summed E-state index contributed by atoms with van der Waals surface area (Å²) in [6.45, 7) is 4.02. The Labute approximate surface area is 125 Å². The van der Waals surface area contributed by atoms with Gasteiger partial charge in [0.2, 0.25) is 0 Å². The van der Waals surface area contributed by atoms with E-state index >= 15 is 0 Å². The number of rotatable bonds is 5. The maximum absolute atomic E-state index is 4.82. The van der Waals surface area contributed by atoms with Crippen LogP contribution in [0.25, 0.3) is 11.0 Å². The van der Waals surface area contributed by atoms with Crippen LogP contribution < -0.4 is 5.32 Å². The number of aryl methyl sites for hydroxylation is 1. The van der Waals surface area contributed by atoms with Crippen molar-refractivity contribution in [3.8, 4) is 0 Å². The molecule has 0 bridgehead atoms. The average molecular weight is 279 g/mol. The van der Waals surface area contributed by atoms with Crippen LogP contribution >= 0.6 is 0 Å². The molecule has 108 valence electrons. The lowest BCUT2D eigenvalue weighted by atomic mass is 10.0. The molecule has 1 heterocycles. The maximum Gasteiger partial charge on any atom is 0.114 e. The first-order chi connectivity index (χ1) is 10.3. The molecule has 0 fully saturated rings. The molecule has 0 atom stereocenters. The molecule has 0 saturated carbocycles. The Hall–Kier alpha value is -2.13. The van der Waals surface area contributed by atoms with E-state index in [0.717, 1.165) is 30.9 Å². The second kappa shape index (κ2) is 6.10. The monoisotopic (exact) mass is 279 g/mol. The zero-order chi connectivity index (χ0) is 14.7. The number of nitrogens with zero attached hydrogens (tertiary/aromatic N) is 2. The molecule has 0 aliphatic carbocycles. The maximum atomic E-state index is 4.82. The van der Waals surface area contributed by atoms with Gasteiger partial charge in [-0.3, -0.25) is 0 Å². The predicted molar refractivity (Wildman–Crippen MR) is 87.4 cm³/mol. The molecule has 1 aromatic heterocycles. The van der Waals surface area contributed by atoms with Crippen LogP contribution in [0.5, 0.6) is 0 Å². The third-order valence-electron chi connectivity index (χ3n) is 3.88. The van der Waals surface area contributed by atoms with Crippen LogP contribution in [-0.2, 0) is 19.5 Å². The fourth-order valence-corrected chi connectivity index (χ4v) is 2.88. The van der Waals surface area contributed by atoms with Crippen LogP contribution in [0.15, 0.2) is 48.5 Å². The van der Waals surface area contributed by atoms with E-state index in [-0.39, 0.29) is 0 Å². The average Bonchev–Trinajstić information content (AvgIpc) is 2.86. The van der Waals surface area contributed by atoms with E-state index in [1.165, 1.54) is 16.6 Å². The summed E-state index contributed by atoms with van der Waals surface area (Å²) >= 11 is 0. The number of nitrogens with one attached hydrogen (secondary N) is 1. The number of imidazole rings is 1. The van der Waals surface area contributed by atoms with Gasteiger partial charge in [-0.25, -0.2) is 4.98 Å². The molecular formula is C18H21N3. The van der Waals surface area contributed by atoms with Crippen molar-refractivity contribution in [3.05, 3.63) is 65.5 Å². The molecule has 1 N–H and O–H groups in total. The van der Waals surface area contributed by atoms with E-state index in [1.54, 1.807) is 0 Å². The van der Waals surface area contributed by atoms with Gasteiger partial charge in [0.1, 0.15) is 5.82 Å². The van der Waals surface area contributed by atoms with Gasteiger partial charge in [-0.1, -0.05) is 36.4 Å². The fraction of sp³-hybridized carbons (Fsp3) is 0.278. The standard InChI is InChI=1S/C18H21N3/c1-3-21-17-11-7-6-10-16(17)20-18(21)12-14-8-4-5-9-15(14)13-19-2/h4-11,19H,3,12-13H2,1-2H3. The summed E-state index contributed by atoms with van der Waals surface area (Å²) in [6.07, 6.45) is 0.875. The van der Waals surface area contributed by atoms with Gasteiger partial charge in [0.25, 0.3) is 0 Å². The van der Waals surface area contributed by atoms with Gasteiger partial charge in [0.05, 0.1) is 11.0 Å². The third kappa shape index (κ3) is 2.69. The highest BCUT2D eigenvalue weighted by Gasteiger charge is 2.11. The van der Waals surface area contributed by atoms with Gasteiger partial charge in [-0.05, 0) is 37.2 Å². The van der Waals surface area contributed by atoms with Crippen LogP contribution in [0, 0.1) is 0 Å². The zero-order valence-electron chi connectivity index (χ0n) is 12.6. The van der Waals surface area contributed by atoms with E-state index in [4.69, 9.17) is 4.98 Å². The quantitative estimate of drug-likeness (QED) is 0.776. The van der Waals surface area contributed by atoms with Crippen molar-refractivity contribution < 1.29 is 0 Å². The first-order valence-electron chi connectivity index (χ1n) is 7.49. The largest absolute Gasteiger partial charge is 0.328 e. The summed E-state index contributed by atoms with van der Waals surface area (Å²) in [5, 5.41) is 3.24. The lowest BCUT2D eigenvalue weighted by Gasteiger charge is -2.10. The highest BCUT2D eigenvalue weighted by atomic mass is 15.1. The molecule has 0 amide bonds. The molecular weight excluding hydrogens is 258 g/mol. The third-order valence-corrected chi connectivity index (χ3v) is 3.88. The van der Waals surface area contributed by atoms with Crippen molar-refractivity contribution in [2.45, 2.75) is 26.4 Å². The van der Waals surface area contributed by atoms with E-state index in [2.05, 4.69) is 59.3 Å². The minimum Gasteiger partial charge on any atom is -0.328 e. The molecule has 0 aliphatic rings. The second-order valence-corrected chi connectivity index (χ2v) is 5.24. The van der Waals surface area contributed by atoms with E-state index in [1.807, 2.05) is 13.1 Å². The van der Waals surface area contributed by atoms with Gasteiger partial charge < -0.3 is 9.88 Å². The molecule has 3 nitrogen and oxygen atoms in total. The first-order valence-corrected chi connectivity index (χ1v) is 7.49. The zero-order valence-corrected chi connectivity index (χ0v) is 12.6. The number of hydrogen-bond donors (Lipinski definition) is 1. The highest BCUT2D eigenvalue weighted by molar-refractivity contribution is 5.76. The van der Waals surface area contributed by atoms with Gasteiger partial charge in [-0.15, -0.1) is 0 Å². The normalized spacial score (nSPS) is 11.1. The lowest BCUT2D eigenvalue weighted by Crippen LogP contribution is -2.09. The first kappa shape index (κ1) is 13.8. The number of para-hydroxylation sites is 2. The molecule has 21 heavy (non-hydrogen) atoms. The molecule has 3 aromatic rings. The molecule has 0 spiro atoms. The van der Waals surface area contributed by atoms with Crippen molar-refractivity contribution in [1.82, 2.24) is 14.9 Å². The fourth-order valence-electron chi connectivity index (χ4n) is 2.88. The smallest absolute Gasteiger partial charge is 0.114 e. The van der Waals surface area contributed by atoms with Gasteiger partial charge in [0, 0.05) is 19.5 Å². The summed E-state index contributed by atoms with van der Waals surface area (Å²) in [7, 11) is 1.98. The number of benzene rings is 2. The van der Waals surface area contributed by atoms with Crippen LogP contribution in [0.3, 0.4) is 0 Å². The molecule has 3 heteroatoms. The Morgan fingerprint density at radius 2 is 1.71 bits per heavy atom. The Kier molecular flexibility index (Phi) is 4.02. The van der Waals surface area contributed by atoms with Crippen molar-refractivity contribution in [1.29, 1.82) is 0 Å². The Balaban J connectivity index is 2.02. The second-order valence-electron chi connectivity index (χ2n) is 5.24. The Bertz CT molecular complexity index is 743. The number of fused-ring (bicyclic) bond motifs is 1. The minimum atomic E-state index is 0.875. The highest BCUT2D eigenvalue weighted by Crippen LogP contribution is 2.20. The summed E-state index contributed by atoms with van der Waals surface area (Å²) in [5.74, 6) is 1.14. The van der Waals surface area contributed by atoms with Crippen LogP contribution in [-0.4, -0.2) is 16.6 Å². The van der Waals surface area contributed by atoms with Crippen LogP contribution in [0.2, 0.25) is 0 Å².